The Morgan fingerprint density at radius 3 is 2.19 bits per heavy atom. The van der Waals surface area contributed by atoms with Crippen molar-refractivity contribution < 1.29 is 14.6 Å². The highest BCUT2D eigenvalue weighted by atomic mass is 32.2. The van der Waals surface area contributed by atoms with Gasteiger partial charge in [0.15, 0.2) is 0 Å². The average Bonchev–Trinajstić information content (AvgIpc) is 2.97. The number of benzene rings is 2. The van der Waals surface area contributed by atoms with Crippen molar-refractivity contribution in [1.29, 1.82) is 0 Å². The standard InChI is InChI=1S/C22H27NO3S/c1-22(2,3)27-14-15(12-24)23-21(25)26-13-20-18-10-6-4-8-16(18)17-9-5-7-11-19(17)20/h4-11,15,20,24H,12-14H2,1-3H3,(H,23,25)/t15-/m1/s1. The zero-order valence-corrected chi connectivity index (χ0v) is 16.9. The number of fused-ring (bicyclic) bond motifs is 3. The van der Waals surface area contributed by atoms with E-state index in [9.17, 15) is 9.90 Å². The molecule has 1 atom stereocenters. The molecule has 2 aromatic carbocycles. The van der Waals surface area contributed by atoms with Gasteiger partial charge in [-0.25, -0.2) is 4.79 Å². The SMILES string of the molecule is CC(C)(C)SC[C@@H](CO)NC(=O)OCC1c2ccccc2-c2ccccc21. The first kappa shape index (κ1) is 19.8. The minimum atomic E-state index is -0.481. The Balaban J connectivity index is 1.62. The van der Waals surface area contributed by atoms with E-state index in [-0.39, 0.29) is 29.9 Å². The summed E-state index contributed by atoms with van der Waals surface area (Å²) in [7, 11) is 0. The Hall–Kier alpha value is -1.98. The van der Waals surface area contributed by atoms with Crippen LogP contribution in [0.4, 0.5) is 4.79 Å². The Morgan fingerprint density at radius 1 is 1.11 bits per heavy atom. The van der Waals surface area contributed by atoms with Crippen molar-refractivity contribution in [2.24, 2.45) is 0 Å². The zero-order chi connectivity index (χ0) is 19.4. The van der Waals surface area contributed by atoms with E-state index in [1.54, 1.807) is 11.8 Å². The van der Waals surface area contributed by atoms with Crippen molar-refractivity contribution in [3.05, 3.63) is 59.7 Å². The van der Waals surface area contributed by atoms with Gasteiger partial charge >= 0.3 is 6.09 Å². The number of hydrogen-bond acceptors (Lipinski definition) is 4. The van der Waals surface area contributed by atoms with Gasteiger partial charge in [-0.3, -0.25) is 0 Å². The van der Waals surface area contributed by atoms with E-state index in [1.807, 2.05) is 24.3 Å². The molecule has 1 aliphatic carbocycles. The zero-order valence-electron chi connectivity index (χ0n) is 16.1. The number of ether oxygens (including phenoxy) is 1. The lowest BCUT2D eigenvalue weighted by atomic mass is 9.98. The van der Waals surface area contributed by atoms with Gasteiger partial charge in [-0.1, -0.05) is 69.3 Å². The molecule has 0 fully saturated rings. The number of hydrogen-bond donors (Lipinski definition) is 2. The highest BCUT2D eigenvalue weighted by Crippen LogP contribution is 2.44. The molecule has 1 aliphatic rings. The summed E-state index contributed by atoms with van der Waals surface area (Å²) in [5.41, 5.74) is 4.79. The van der Waals surface area contributed by atoms with Crippen LogP contribution in [0.2, 0.25) is 0 Å². The van der Waals surface area contributed by atoms with Crippen LogP contribution < -0.4 is 5.32 Å². The summed E-state index contributed by atoms with van der Waals surface area (Å²) in [6, 6.07) is 16.2. The largest absolute Gasteiger partial charge is 0.449 e. The molecule has 2 N–H and O–H groups in total. The van der Waals surface area contributed by atoms with Crippen LogP contribution in [-0.4, -0.2) is 41.0 Å². The summed E-state index contributed by atoms with van der Waals surface area (Å²) in [5.74, 6) is 0.684. The molecular formula is C22H27NO3S. The minimum Gasteiger partial charge on any atom is -0.449 e. The third-order valence-electron chi connectivity index (χ3n) is 4.60. The normalized spacial score (nSPS) is 14.4. The smallest absolute Gasteiger partial charge is 0.407 e. The Kier molecular flexibility index (Phi) is 6.12. The first-order chi connectivity index (χ1) is 12.9. The highest BCUT2D eigenvalue weighted by Gasteiger charge is 2.29. The average molecular weight is 386 g/mol. The highest BCUT2D eigenvalue weighted by molar-refractivity contribution is 8.00. The minimum absolute atomic E-state index is 0.0414. The van der Waals surface area contributed by atoms with Crippen molar-refractivity contribution in [3.63, 3.8) is 0 Å². The summed E-state index contributed by atoms with van der Waals surface area (Å²) < 4.78 is 5.61. The number of thioether (sulfide) groups is 1. The lowest BCUT2D eigenvalue weighted by Crippen LogP contribution is -2.40. The molecule has 0 aromatic heterocycles. The van der Waals surface area contributed by atoms with Gasteiger partial charge in [0.1, 0.15) is 6.61 Å². The van der Waals surface area contributed by atoms with Gasteiger partial charge in [-0.2, -0.15) is 11.8 Å². The number of rotatable bonds is 6. The fraction of sp³-hybridized carbons (Fsp3) is 0.409. The lowest BCUT2D eigenvalue weighted by Gasteiger charge is -2.22. The van der Waals surface area contributed by atoms with E-state index in [2.05, 4.69) is 50.4 Å². The number of alkyl carbamates (subject to hydrolysis) is 1. The first-order valence-corrected chi connectivity index (χ1v) is 10.2. The third-order valence-corrected chi connectivity index (χ3v) is 6.04. The Morgan fingerprint density at radius 2 is 1.67 bits per heavy atom. The molecular weight excluding hydrogens is 358 g/mol. The predicted molar refractivity (Wildman–Crippen MR) is 111 cm³/mol. The predicted octanol–water partition coefficient (Wildman–Crippen LogP) is 4.42. The van der Waals surface area contributed by atoms with Crippen LogP contribution in [0, 0.1) is 0 Å². The summed E-state index contributed by atoms with van der Waals surface area (Å²) in [4.78, 5) is 12.3. The molecule has 5 heteroatoms. The molecule has 0 radical (unpaired) electrons. The molecule has 0 saturated carbocycles. The molecule has 0 saturated heterocycles. The molecule has 3 rings (SSSR count). The molecule has 0 aliphatic heterocycles. The van der Waals surface area contributed by atoms with Gasteiger partial charge < -0.3 is 15.2 Å². The maximum atomic E-state index is 12.3. The van der Waals surface area contributed by atoms with Crippen LogP contribution in [0.5, 0.6) is 0 Å². The number of aliphatic hydroxyl groups is 1. The number of carbonyl (C=O) groups is 1. The molecule has 27 heavy (non-hydrogen) atoms. The molecule has 0 spiro atoms. The van der Waals surface area contributed by atoms with E-state index >= 15 is 0 Å². The van der Waals surface area contributed by atoms with Gasteiger partial charge in [-0.05, 0) is 22.3 Å². The third kappa shape index (κ3) is 4.85. The van der Waals surface area contributed by atoms with Crippen LogP contribution in [0.1, 0.15) is 37.8 Å². The van der Waals surface area contributed by atoms with E-state index in [4.69, 9.17) is 4.74 Å². The molecule has 2 aromatic rings. The van der Waals surface area contributed by atoms with Crippen molar-refractivity contribution >= 4 is 17.9 Å². The summed E-state index contributed by atoms with van der Waals surface area (Å²) >= 11 is 1.70. The van der Waals surface area contributed by atoms with E-state index in [0.29, 0.717) is 5.75 Å². The molecule has 144 valence electrons. The van der Waals surface area contributed by atoms with Crippen molar-refractivity contribution in [2.75, 3.05) is 19.0 Å². The maximum absolute atomic E-state index is 12.3. The van der Waals surface area contributed by atoms with Crippen LogP contribution in [0.25, 0.3) is 11.1 Å². The molecule has 0 heterocycles. The van der Waals surface area contributed by atoms with Gasteiger partial charge in [0, 0.05) is 16.4 Å². The number of aliphatic hydroxyl groups excluding tert-OH is 1. The summed E-state index contributed by atoms with van der Waals surface area (Å²) in [5, 5.41) is 12.3. The maximum Gasteiger partial charge on any atom is 0.407 e. The number of amides is 1. The van der Waals surface area contributed by atoms with E-state index in [0.717, 1.165) is 0 Å². The monoisotopic (exact) mass is 385 g/mol. The molecule has 0 bridgehead atoms. The van der Waals surface area contributed by atoms with E-state index < -0.39 is 6.09 Å². The van der Waals surface area contributed by atoms with Crippen molar-refractivity contribution in [3.8, 4) is 11.1 Å². The topological polar surface area (TPSA) is 58.6 Å². The van der Waals surface area contributed by atoms with Crippen LogP contribution in [0.3, 0.4) is 0 Å². The number of carbonyl (C=O) groups excluding carboxylic acids is 1. The van der Waals surface area contributed by atoms with Gasteiger partial charge in [-0.15, -0.1) is 0 Å². The quantitative estimate of drug-likeness (QED) is 0.773. The van der Waals surface area contributed by atoms with Crippen molar-refractivity contribution in [2.45, 2.75) is 37.5 Å². The van der Waals surface area contributed by atoms with Gasteiger partial charge in [0.05, 0.1) is 12.6 Å². The molecule has 4 nitrogen and oxygen atoms in total. The van der Waals surface area contributed by atoms with Crippen LogP contribution >= 0.6 is 11.8 Å². The molecule has 0 unspecified atom stereocenters. The van der Waals surface area contributed by atoms with E-state index in [1.165, 1.54) is 22.3 Å². The fourth-order valence-corrected chi connectivity index (χ4v) is 4.19. The number of nitrogens with one attached hydrogen (secondary N) is 1. The molecule has 1 amide bonds. The summed E-state index contributed by atoms with van der Waals surface area (Å²) in [6.45, 7) is 6.51. The van der Waals surface area contributed by atoms with Crippen molar-refractivity contribution in [1.82, 2.24) is 5.32 Å². The summed E-state index contributed by atoms with van der Waals surface area (Å²) in [6.07, 6.45) is -0.481. The fourth-order valence-electron chi connectivity index (χ4n) is 3.30. The second kappa shape index (κ2) is 8.36. The van der Waals surface area contributed by atoms with Gasteiger partial charge in [0.2, 0.25) is 0 Å². The Bertz CT molecular complexity index is 755. The second-order valence-corrected chi connectivity index (χ2v) is 9.62. The second-order valence-electron chi connectivity index (χ2n) is 7.77. The first-order valence-electron chi connectivity index (χ1n) is 9.25. The Labute approximate surface area is 165 Å². The lowest BCUT2D eigenvalue weighted by molar-refractivity contribution is 0.134. The van der Waals surface area contributed by atoms with Crippen LogP contribution in [0.15, 0.2) is 48.5 Å². The van der Waals surface area contributed by atoms with Gasteiger partial charge in [0.25, 0.3) is 0 Å². The van der Waals surface area contributed by atoms with Crippen LogP contribution in [-0.2, 0) is 4.74 Å².